The maximum atomic E-state index is 12.4. The van der Waals surface area contributed by atoms with Gasteiger partial charge < -0.3 is 15.3 Å². The fourth-order valence-corrected chi connectivity index (χ4v) is 2.51. The third-order valence-corrected chi connectivity index (χ3v) is 3.62. The Balaban J connectivity index is 2.04. The molecule has 9 heteroatoms. The first-order valence-electron chi connectivity index (χ1n) is 7.10. The van der Waals surface area contributed by atoms with Crippen molar-refractivity contribution in [3.05, 3.63) is 35.9 Å². The Morgan fingerprint density at radius 3 is 2.46 bits per heavy atom. The molecular formula is C15H15F3N2O4. The monoisotopic (exact) mass is 344 g/mol. The molecule has 24 heavy (non-hydrogen) atoms. The van der Waals surface area contributed by atoms with E-state index in [0.29, 0.717) is 10.5 Å². The van der Waals surface area contributed by atoms with E-state index in [9.17, 15) is 32.7 Å². The van der Waals surface area contributed by atoms with Gasteiger partial charge >= 0.3 is 12.1 Å². The highest BCUT2D eigenvalue weighted by Crippen LogP contribution is 2.24. The summed E-state index contributed by atoms with van der Waals surface area (Å²) in [6, 6.07) is 6.56. The van der Waals surface area contributed by atoms with Crippen molar-refractivity contribution in [3.63, 3.8) is 0 Å². The van der Waals surface area contributed by atoms with Crippen LogP contribution < -0.4 is 5.32 Å². The standard InChI is InChI=1S/C15H15F3N2O4/c16-15(17,18)8-20-7-10(6-11(20)21)13(22)19-12(14(23)24)9-4-2-1-3-5-9/h1-5,10,12H,6-8H2,(H,19,22)(H,23,24). The van der Waals surface area contributed by atoms with Gasteiger partial charge in [-0.25, -0.2) is 4.79 Å². The van der Waals surface area contributed by atoms with Crippen LogP contribution in [0.15, 0.2) is 30.3 Å². The van der Waals surface area contributed by atoms with E-state index in [1.165, 1.54) is 12.1 Å². The number of carboxylic acids is 1. The van der Waals surface area contributed by atoms with Gasteiger partial charge in [0, 0.05) is 13.0 Å². The van der Waals surface area contributed by atoms with E-state index in [1.807, 2.05) is 0 Å². The maximum absolute atomic E-state index is 12.4. The second-order valence-corrected chi connectivity index (χ2v) is 5.48. The molecule has 1 fully saturated rings. The number of hydrogen-bond donors (Lipinski definition) is 2. The van der Waals surface area contributed by atoms with Gasteiger partial charge in [0.15, 0.2) is 6.04 Å². The van der Waals surface area contributed by atoms with Gasteiger partial charge in [0.05, 0.1) is 5.92 Å². The first-order chi connectivity index (χ1) is 11.2. The molecule has 1 aromatic carbocycles. The summed E-state index contributed by atoms with van der Waals surface area (Å²) in [6.45, 7) is -1.80. The minimum Gasteiger partial charge on any atom is -0.479 e. The van der Waals surface area contributed by atoms with E-state index in [2.05, 4.69) is 5.32 Å². The van der Waals surface area contributed by atoms with Crippen molar-refractivity contribution in [2.24, 2.45) is 5.92 Å². The molecular weight excluding hydrogens is 329 g/mol. The summed E-state index contributed by atoms with van der Waals surface area (Å²) in [7, 11) is 0. The van der Waals surface area contributed by atoms with Crippen LogP contribution in [0, 0.1) is 5.92 Å². The van der Waals surface area contributed by atoms with Crippen molar-refractivity contribution in [1.82, 2.24) is 10.2 Å². The van der Waals surface area contributed by atoms with Gasteiger partial charge in [-0.1, -0.05) is 30.3 Å². The molecule has 0 bridgehead atoms. The molecule has 0 aromatic heterocycles. The van der Waals surface area contributed by atoms with E-state index in [-0.39, 0.29) is 13.0 Å². The topological polar surface area (TPSA) is 86.7 Å². The quantitative estimate of drug-likeness (QED) is 0.844. The molecule has 1 aliphatic heterocycles. The smallest absolute Gasteiger partial charge is 0.406 e. The zero-order valence-corrected chi connectivity index (χ0v) is 12.4. The number of rotatable bonds is 5. The first-order valence-corrected chi connectivity index (χ1v) is 7.10. The lowest BCUT2D eigenvalue weighted by atomic mass is 10.0. The molecule has 2 rings (SSSR count). The van der Waals surface area contributed by atoms with Crippen molar-refractivity contribution < 1.29 is 32.7 Å². The Labute approximate surface area is 135 Å². The van der Waals surface area contributed by atoms with Crippen molar-refractivity contribution in [2.75, 3.05) is 13.1 Å². The van der Waals surface area contributed by atoms with E-state index < -0.39 is 42.5 Å². The van der Waals surface area contributed by atoms with Crippen LogP contribution in [0.4, 0.5) is 13.2 Å². The highest BCUT2D eigenvalue weighted by molar-refractivity contribution is 5.91. The first kappa shape index (κ1) is 17.8. The number of carboxylic acid groups (broad SMARTS) is 1. The summed E-state index contributed by atoms with van der Waals surface area (Å²) in [5, 5.41) is 11.5. The third kappa shape index (κ3) is 4.46. The van der Waals surface area contributed by atoms with Crippen molar-refractivity contribution in [3.8, 4) is 0 Å². The Bertz CT molecular complexity index is 633. The molecule has 1 saturated heterocycles. The van der Waals surface area contributed by atoms with Gasteiger partial charge in [0.1, 0.15) is 6.54 Å². The molecule has 1 aromatic rings. The van der Waals surface area contributed by atoms with Crippen LogP contribution in [0.2, 0.25) is 0 Å². The van der Waals surface area contributed by atoms with Gasteiger partial charge in [-0.15, -0.1) is 0 Å². The lowest BCUT2D eigenvalue weighted by molar-refractivity contribution is -0.157. The molecule has 0 spiro atoms. The van der Waals surface area contributed by atoms with Crippen LogP contribution in [0.3, 0.4) is 0 Å². The number of halogens is 3. The largest absolute Gasteiger partial charge is 0.479 e. The minimum atomic E-state index is -4.55. The van der Waals surface area contributed by atoms with Gasteiger partial charge in [0.2, 0.25) is 11.8 Å². The molecule has 0 aliphatic carbocycles. The number of hydrogen-bond acceptors (Lipinski definition) is 3. The molecule has 1 heterocycles. The van der Waals surface area contributed by atoms with Crippen LogP contribution in [0.1, 0.15) is 18.0 Å². The summed E-state index contributed by atoms with van der Waals surface area (Å²) in [5.74, 6) is -3.85. The normalized spacial score (nSPS) is 19.2. The van der Waals surface area contributed by atoms with Crippen molar-refractivity contribution in [2.45, 2.75) is 18.6 Å². The van der Waals surface area contributed by atoms with E-state index in [0.717, 1.165) is 0 Å². The number of alkyl halides is 3. The molecule has 1 aliphatic rings. The number of amides is 2. The zero-order valence-electron chi connectivity index (χ0n) is 12.4. The fourth-order valence-electron chi connectivity index (χ4n) is 2.51. The third-order valence-electron chi connectivity index (χ3n) is 3.62. The van der Waals surface area contributed by atoms with Gasteiger partial charge in [-0.2, -0.15) is 13.2 Å². The second-order valence-electron chi connectivity index (χ2n) is 5.48. The molecule has 0 saturated carbocycles. The molecule has 2 N–H and O–H groups in total. The number of nitrogens with one attached hydrogen (secondary N) is 1. The van der Waals surface area contributed by atoms with E-state index in [1.54, 1.807) is 18.2 Å². The number of nitrogens with zero attached hydrogens (tertiary/aromatic N) is 1. The molecule has 0 radical (unpaired) electrons. The number of benzene rings is 1. The second kappa shape index (κ2) is 6.90. The van der Waals surface area contributed by atoms with E-state index in [4.69, 9.17) is 0 Å². The van der Waals surface area contributed by atoms with Gasteiger partial charge in [-0.05, 0) is 5.56 Å². The lowest BCUT2D eigenvalue weighted by Crippen LogP contribution is -2.40. The summed E-state index contributed by atoms with van der Waals surface area (Å²) >= 11 is 0. The highest BCUT2D eigenvalue weighted by Gasteiger charge is 2.41. The number of aliphatic carboxylic acids is 1. The van der Waals surface area contributed by atoms with Crippen LogP contribution in [-0.2, 0) is 14.4 Å². The van der Waals surface area contributed by atoms with Crippen LogP contribution in [0.25, 0.3) is 0 Å². The Morgan fingerprint density at radius 2 is 1.92 bits per heavy atom. The van der Waals surface area contributed by atoms with Crippen LogP contribution in [-0.4, -0.2) is 47.1 Å². The highest BCUT2D eigenvalue weighted by atomic mass is 19.4. The Kier molecular flexibility index (Phi) is 5.10. The predicted octanol–water partition coefficient (Wildman–Crippen LogP) is 1.34. The zero-order chi connectivity index (χ0) is 17.9. The fraction of sp³-hybridized carbons (Fsp3) is 0.400. The molecule has 2 unspecified atom stereocenters. The molecule has 6 nitrogen and oxygen atoms in total. The average molecular weight is 344 g/mol. The predicted molar refractivity (Wildman–Crippen MR) is 75.7 cm³/mol. The number of likely N-dealkylation sites (tertiary alicyclic amines) is 1. The number of carbonyl (C=O) groups is 3. The van der Waals surface area contributed by atoms with E-state index >= 15 is 0 Å². The summed E-state index contributed by atoms with van der Waals surface area (Å²) in [5.41, 5.74) is 0.329. The maximum Gasteiger partial charge on any atom is 0.406 e. The number of carbonyl (C=O) groups excluding carboxylic acids is 2. The molecule has 2 atom stereocenters. The molecule has 130 valence electrons. The van der Waals surface area contributed by atoms with Gasteiger partial charge in [-0.3, -0.25) is 9.59 Å². The Hall–Kier alpha value is -2.58. The SMILES string of the molecule is O=C(NC(C(=O)O)c1ccccc1)C1CC(=O)N(CC(F)(F)F)C1. The van der Waals surface area contributed by atoms with Crippen LogP contribution >= 0.6 is 0 Å². The summed E-state index contributed by atoms with van der Waals surface area (Å²) in [4.78, 5) is 35.6. The average Bonchev–Trinajstić information content (AvgIpc) is 2.84. The molecule has 2 amide bonds. The Morgan fingerprint density at radius 1 is 1.29 bits per heavy atom. The van der Waals surface area contributed by atoms with Crippen molar-refractivity contribution in [1.29, 1.82) is 0 Å². The summed E-state index contributed by atoms with van der Waals surface area (Å²) < 4.78 is 37.1. The minimum absolute atomic E-state index is 0.329. The van der Waals surface area contributed by atoms with Gasteiger partial charge in [0.25, 0.3) is 0 Å². The van der Waals surface area contributed by atoms with Crippen LogP contribution in [0.5, 0.6) is 0 Å². The summed E-state index contributed by atoms with van der Waals surface area (Å²) in [6.07, 6.45) is -4.92. The van der Waals surface area contributed by atoms with Crippen molar-refractivity contribution >= 4 is 17.8 Å². The lowest BCUT2D eigenvalue weighted by Gasteiger charge is -2.19.